The van der Waals surface area contributed by atoms with Crippen LogP contribution in [0.5, 0.6) is 11.5 Å². The number of halogens is 4. The maximum absolute atomic E-state index is 13.5. The summed E-state index contributed by atoms with van der Waals surface area (Å²) < 4.78 is 60.7. The van der Waals surface area contributed by atoms with Gasteiger partial charge in [-0.05, 0) is 36.4 Å². The van der Waals surface area contributed by atoms with Gasteiger partial charge in [-0.3, -0.25) is 0 Å². The highest BCUT2D eigenvalue weighted by atomic mass is 19.4. The summed E-state index contributed by atoms with van der Waals surface area (Å²) in [5.74, 6) is 0.162. The Balaban J connectivity index is 1.71. The number of nitrogens with zero attached hydrogens (tertiary/aromatic N) is 1. The van der Waals surface area contributed by atoms with E-state index in [0.29, 0.717) is 28.2 Å². The summed E-state index contributed by atoms with van der Waals surface area (Å²) in [4.78, 5) is 7.48. The lowest BCUT2D eigenvalue weighted by atomic mass is 10.1. The van der Waals surface area contributed by atoms with E-state index in [9.17, 15) is 17.6 Å². The third kappa shape index (κ3) is 4.48. The summed E-state index contributed by atoms with van der Waals surface area (Å²) in [6, 6.07) is 18.4. The van der Waals surface area contributed by atoms with E-state index in [1.165, 1.54) is 36.4 Å². The molecule has 0 bridgehead atoms. The number of alkyl halides is 3. The summed E-state index contributed by atoms with van der Waals surface area (Å²) in [5.41, 5.74) is 1.57. The predicted molar refractivity (Wildman–Crippen MR) is 98.1 cm³/mol. The molecule has 1 unspecified atom stereocenters. The average molecular weight is 402 g/mol. The molecule has 0 aliphatic rings. The molecule has 0 radical (unpaired) electrons. The van der Waals surface area contributed by atoms with Gasteiger partial charge >= 0.3 is 6.36 Å². The number of ether oxygens (including phenoxy) is 2. The van der Waals surface area contributed by atoms with Crippen molar-refractivity contribution in [3.8, 4) is 11.5 Å². The number of rotatable bonds is 5. The second kappa shape index (κ2) is 7.46. The van der Waals surface area contributed by atoms with Crippen LogP contribution in [0.2, 0.25) is 0 Å². The maximum Gasteiger partial charge on any atom is 0.573 e. The Labute approximate surface area is 162 Å². The van der Waals surface area contributed by atoms with E-state index in [1.807, 2.05) is 6.07 Å². The molecule has 4 rings (SSSR count). The van der Waals surface area contributed by atoms with E-state index in [2.05, 4.69) is 14.7 Å². The molecule has 0 spiro atoms. The summed E-state index contributed by atoms with van der Waals surface area (Å²) in [6.07, 6.45) is -5.53. The lowest BCUT2D eigenvalue weighted by molar-refractivity contribution is -0.274. The first-order valence-electron chi connectivity index (χ1n) is 8.60. The molecule has 1 N–H and O–H groups in total. The van der Waals surface area contributed by atoms with Crippen molar-refractivity contribution in [2.45, 2.75) is 12.5 Å². The van der Waals surface area contributed by atoms with Crippen LogP contribution in [0, 0.1) is 5.82 Å². The number of aromatic nitrogens is 2. The smallest absolute Gasteiger partial charge is 0.478 e. The Morgan fingerprint density at radius 1 is 0.862 bits per heavy atom. The van der Waals surface area contributed by atoms with Gasteiger partial charge in [0.1, 0.15) is 17.3 Å². The van der Waals surface area contributed by atoms with Crippen LogP contribution in [-0.4, -0.2) is 16.3 Å². The van der Waals surface area contributed by atoms with Crippen LogP contribution in [0.3, 0.4) is 0 Å². The standard InChI is InChI=1S/C21H14F4N2O2/c22-14-8-11-17-18(12-14)27-20(26-17)19(28-15-4-2-1-3-5-15)13-6-9-16(10-7-13)29-21(23,24)25/h1-12,19H,(H,26,27). The van der Waals surface area contributed by atoms with Crippen LogP contribution < -0.4 is 9.47 Å². The highest BCUT2D eigenvalue weighted by Crippen LogP contribution is 2.31. The van der Waals surface area contributed by atoms with E-state index >= 15 is 0 Å². The van der Waals surface area contributed by atoms with Gasteiger partial charge in [0.25, 0.3) is 0 Å². The largest absolute Gasteiger partial charge is 0.573 e. The van der Waals surface area contributed by atoms with Gasteiger partial charge in [-0.2, -0.15) is 0 Å². The van der Waals surface area contributed by atoms with E-state index in [4.69, 9.17) is 4.74 Å². The lowest BCUT2D eigenvalue weighted by Gasteiger charge is -2.18. The Morgan fingerprint density at radius 3 is 2.28 bits per heavy atom. The first kappa shape index (κ1) is 18.8. The molecule has 1 heterocycles. The van der Waals surface area contributed by atoms with Gasteiger partial charge in [-0.25, -0.2) is 9.37 Å². The molecule has 29 heavy (non-hydrogen) atoms. The summed E-state index contributed by atoms with van der Waals surface area (Å²) in [6.45, 7) is 0. The van der Waals surface area contributed by atoms with E-state index in [0.717, 1.165) is 0 Å². The Bertz CT molecular complexity index is 1110. The van der Waals surface area contributed by atoms with Gasteiger partial charge in [0, 0.05) is 11.6 Å². The quantitative estimate of drug-likeness (QED) is 0.431. The molecular weight excluding hydrogens is 388 g/mol. The zero-order chi connectivity index (χ0) is 20.4. The fourth-order valence-corrected chi connectivity index (χ4v) is 2.88. The number of nitrogens with one attached hydrogen (secondary N) is 1. The fourth-order valence-electron chi connectivity index (χ4n) is 2.88. The third-order valence-electron chi connectivity index (χ3n) is 4.13. The number of benzene rings is 3. The highest BCUT2D eigenvalue weighted by Gasteiger charge is 2.31. The van der Waals surface area contributed by atoms with Crippen molar-refractivity contribution in [2.24, 2.45) is 0 Å². The minimum absolute atomic E-state index is 0.341. The average Bonchev–Trinajstić information content (AvgIpc) is 3.09. The molecule has 3 aromatic carbocycles. The number of aromatic amines is 1. The zero-order valence-corrected chi connectivity index (χ0v) is 14.8. The molecule has 0 aliphatic heterocycles. The maximum atomic E-state index is 13.5. The third-order valence-corrected chi connectivity index (χ3v) is 4.13. The zero-order valence-electron chi connectivity index (χ0n) is 14.8. The summed E-state index contributed by atoms with van der Waals surface area (Å²) >= 11 is 0. The number of H-pyrrole nitrogens is 1. The van der Waals surface area contributed by atoms with Crippen LogP contribution in [0.4, 0.5) is 17.6 Å². The topological polar surface area (TPSA) is 47.1 Å². The molecule has 0 amide bonds. The van der Waals surface area contributed by atoms with Crippen molar-refractivity contribution >= 4 is 11.0 Å². The molecule has 4 nitrogen and oxygen atoms in total. The predicted octanol–water partition coefficient (Wildman–Crippen LogP) is 5.77. The van der Waals surface area contributed by atoms with Crippen molar-refractivity contribution in [1.29, 1.82) is 0 Å². The molecule has 0 fully saturated rings. The van der Waals surface area contributed by atoms with E-state index < -0.39 is 18.3 Å². The number of hydrogen-bond acceptors (Lipinski definition) is 3. The first-order valence-corrected chi connectivity index (χ1v) is 8.60. The molecular formula is C21H14F4N2O2. The molecule has 1 atom stereocenters. The Morgan fingerprint density at radius 2 is 1.59 bits per heavy atom. The first-order chi connectivity index (χ1) is 13.9. The molecule has 4 aromatic rings. The lowest BCUT2D eigenvalue weighted by Crippen LogP contribution is -2.17. The van der Waals surface area contributed by atoms with Gasteiger partial charge in [0.15, 0.2) is 11.9 Å². The molecule has 0 aliphatic carbocycles. The van der Waals surface area contributed by atoms with E-state index in [-0.39, 0.29) is 5.75 Å². The SMILES string of the molecule is Fc1ccc2[nH]c(C(Oc3ccccc3)c3ccc(OC(F)(F)F)cc3)nc2c1. The number of fused-ring (bicyclic) bond motifs is 1. The van der Waals surface area contributed by atoms with Crippen LogP contribution in [0.15, 0.2) is 72.8 Å². The second-order valence-corrected chi connectivity index (χ2v) is 6.21. The van der Waals surface area contributed by atoms with Crippen LogP contribution >= 0.6 is 0 Å². The fraction of sp³-hybridized carbons (Fsp3) is 0.0952. The molecule has 148 valence electrons. The van der Waals surface area contributed by atoms with Crippen molar-refractivity contribution in [3.05, 3.63) is 90.0 Å². The van der Waals surface area contributed by atoms with Crippen molar-refractivity contribution < 1.29 is 27.0 Å². The Hall–Kier alpha value is -3.55. The second-order valence-electron chi connectivity index (χ2n) is 6.21. The monoisotopic (exact) mass is 402 g/mol. The van der Waals surface area contributed by atoms with Crippen molar-refractivity contribution in [3.63, 3.8) is 0 Å². The Kier molecular flexibility index (Phi) is 4.84. The number of para-hydroxylation sites is 1. The van der Waals surface area contributed by atoms with Crippen LogP contribution in [0.1, 0.15) is 17.5 Å². The number of hydrogen-bond donors (Lipinski definition) is 1. The highest BCUT2D eigenvalue weighted by molar-refractivity contribution is 5.75. The summed E-state index contributed by atoms with van der Waals surface area (Å²) in [7, 11) is 0. The normalized spacial score (nSPS) is 12.7. The molecule has 0 saturated carbocycles. The van der Waals surface area contributed by atoms with Gasteiger partial charge < -0.3 is 14.5 Å². The van der Waals surface area contributed by atoms with Crippen molar-refractivity contribution in [2.75, 3.05) is 0 Å². The van der Waals surface area contributed by atoms with Crippen LogP contribution in [-0.2, 0) is 0 Å². The van der Waals surface area contributed by atoms with Gasteiger partial charge in [0.2, 0.25) is 0 Å². The molecule has 8 heteroatoms. The summed E-state index contributed by atoms with van der Waals surface area (Å²) in [5, 5.41) is 0. The van der Waals surface area contributed by atoms with Gasteiger partial charge in [-0.1, -0.05) is 30.3 Å². The minimum atomic E-state index is -4.77. The van der Waals surface area contributed by atoms with Gasteiger partial charge in [-0.15, -0.1) is 13.2 Å². The van der Waals surface area contributed by atoms with Crippen molar-refractivity contribution in [1.82, 2.24) is 9.97 Å². The molecule has 1 aromatic heterocycles. The van der Waals surface area contributed by atoms with E-state index in [1.54, 1.807) is 30.3 Å². The number of imidazole rings is 1. The minimum Gasteiger partial charge on any atom is -0.478 e. The van der Waals surface area contributed by atoms with Gasteiger partial charge in [0.05, 0.1) is 11.0 Å². The molecule has 0 saturated heterocycles. The van der Waals surface area contributed by atoms with Crippen LogP contribution in [0.25, 0.3) is 11.0 Å².